The topological polar surface area (TPSA) is 86.8 Å². The molecule has 4 aromatic rings. The normalized spacial score (nSPS) is 12.1. The minimum absolute atomic E-state index is 0.0435. The van der Waals surface area contributed by atoms with E-state index in [0.29, 0.717) is 17.1 Å². The average molecular weight is 685 g/mol. The summed E-state index contributed by atoms with van der Waals surface area (Å²) in [5.74, 6) is -1.48. The van der Waals surface area contributed by atoms with Crippen molar-refractivity contribution >= 4 is 50.7 Å². The van der Waals surface area contributed by atoms with Gasteiger partial charge in [0.1, 0.15) is 18.4 Å². The van der Waals surface area contributed by atoms with Crippen molar-refractivity contribution in [1.29, 1.82) is 0 Å². The number of nitrogens with one attached hydrogen (secondary N) is 1. The molecular formula is C35H36Cl2FN3O4S. The number of carbonyl (C=O) groups is 2. The Balaban J connectivity index is 1.81. The molecule has 1 atom stereocenters. The fourth-order valence-corrected chi connectivity index (χ4v) is 6.67. The molecule has 0 aliphatic carbocycles. The molecule has 2 amide bonds. The van der Waals surface area contributed by atoms with Gasteiger partial charge in [0.2, 0.25) is 11.8 Å². The van der Waals surface area contributed by atoms with Crippen molar-refractivity contribution in [3.63, 3.8) is 0 Å². The minimum Gasteiger partial charge on any atom is -0.354 e. The first-order valence-corrected chi connectivity index (χ1v) is 16.9. The van der Waals surface area contributed by atoms with E-state index in [-0.39, 0.29) is 34.5 Å². The maximum absolute atomic E-state index is 14.5. The zero-order valence-corrected chi connectivity index (χ0v) is 28.1. The third kappa shape index (κ3) is 9.09. The second kappa shape index (κ2) is 15.6. The Labute approximate surface area is 280 Å². The van der Waals surface area contributed by atoms with Gasteiger partial charge < -0.3 is 10.2 Å². The van der Waals surface area contributed by atoms with Crippen LogP contribution < -0.4 is 9.62 Å². The number of benzene rings is 4. The summed E-state index contributed by atoms with van der Waals surface area (Å²) in [6.07, 6.45) is 0.156. The fourth-order valence-electron chi connectivity index (χ4n) is 4.78. The molecule has 4 rings (SSSR count). The summed E-state index contributed by atoms with van der Waals surface area (Å²) in [4.78, 5) is 29.6. The molecule has 7 nitrogen and oxygen atoms in total. The predicted octanol–water partition coefficient (Wildman–Crippen LogP) is 7.05. The molecular weight excluding hydrogens is 648 g/mol. The van der Waals surface area contributed by atoms with Gasteiger partial charge >= 0.3 is 0 Å². The van der Waals surface area contributed by atoms with Crippen molar-refractivity contribution in [3.05, 3.63) is 130 Å². The summed E-state index contributed by atoms with van der Waals surface area (Å²) in [5, 5.41) is 3.62. The number of carbonyl (C=O) groups excluding carboxylic acids is 2. The molecule has 0 heterocycles. The SMILES string of the molecule is Cc1ccc(S(=O)(=O)N(CC(=O)N(Cc2ccc(Cl)cc2Cl)C(Cc2ccccc2)C(=O)NCC(C)C)c2ccc(F)cc2)cc1. The summed E-state index contributed by atoms with van der Waals surface area (Å²) in [5.41, 5.74) is 2.26. The monoisotopic (exact) mass is 683 g/mol. The molecule has 4 aromatic carbocycles. The summed E-state index contributed by atoms with van der Waals surface area (Å²) >= 11 is 12.7. The van der Waals surface area contributed by atoms with Gasteiger partial charge in [-0.2, -0.15) is 0 Å². The highest BCUT2D eigenvalue weighted by Gasteiger charge is 2.35. The molecule has 0 saturated heterocycles. The van der Waals surface area contributed by atoms with Crippen molar-refractivity contribution in [3.8, 4) is 0 Å². The largest absolute Gasteiger partial charge is 0.354 e. The van der Waals surface area contributed by atoms with Crippen LogP contribution in [0.3, 0.4) is 0 Å². The van der Waals surface area contributed by atoms with E-state index >= 15 is 0 Å². The summed E-state index contributed by atoms with van der Waals surface area (Å²) in [6, 6.07) is 24.1. The van der Waals surface area contributed by atoms with Crippen LogP contribution in [-0.2, 0) is 32.6 Å². The summed E-state index contributed by atoms with van der Waals surface area (Å²) < 4.78 is 43.0. The van der Waals surface area contributed by atoms with E-state index in [1.807, 2.05) is 51.1 Å². The van der Waals surface area contributed by atoms with E-state index in [4.69, 9.17) is 23.2 Å². The quantitative estimate of drug-likeness (QED) is 0.164. The van der Waals surface area contributed by atoms with Crippen molar-refractivity contribution in [2.45, 2.75) is 44.7 Å². The van der Waals surface area contributed by atoms with Crippen LogP contribution in [0.2, 0.25) is 10.0 Å². The van der Waals surface area contributed by atoms with E-state index in [9.17, 15) is 22.4 Å². The highest BCUT2D eigenvalue weighted by Crippen LogP contribution is 2.27. The Morgan fingerprint density at radius 2 is 1.54 bits per heavy atom. The molecule has 0 aromatic heterocycles. The predicted molar refractivity (Wildman–Crippen MR) is 181 cm³/mol. The van der Waals surface area contributed by atoms with Gasteiger partial charge in [0.05, 0.1) is 10.6 Å². The average Bonchev–Trinajstić information content (AvgIpc) is 3.02. The molecule has 11 heteroatoms. The second-order valence-electron chi connectivity index (χ2n) is 11.4. The van der Waals surface area contributed by atoms with Gasteiger partial charge in [-0.15, -0.1) is 0 Å². The van der Waals surface area contributed by atoms with E-state index in [0.717, 1.165) is 27.6 Å². The highest BCUT2D eigenvalue weighted by atomic mass is 35.5. The Bertz CT molecular complexity index is 1750. The van der Waals surface area contributed by atoms with Crippen LogP contribution in [0.25, 0.3) is 0 Å². The molecule has 0 radical (unpaired) electrons. The lowest BCUT2D eigenvalue weighted by atomic mass is 10.0. The number of anilines is 1. The number of nitrogens with zero attached hydrogens (tertiary/aromatic N) is 2. The van der Waals surface area contributed by atoms with E-state index in [1.54, 1.807) is 30.3 Å². The van der Waals surface area contributed by atoms with Crippen LogP contribution >= 0.6 is 23.2 Å². The lowest BCUT2D eigenvalue weighted by Crippen LogP contribution is -2.53. The number of sulfonamides is 1. The maximum atomic E-state index is 14.5. The van der Waals surface area contributed by atoms with Crippen LogP contribution in [0.4, 0.5) is 10.1 Å². The maximum Gasteiger partial charge on any atom is 0.264 e. The van der Waals surface area contributed by atoms with Crippen LogP contribution in [-0.4, -0.2) is 44.3 Å². The van der Waals surface area contributed by atoms with Crippen LogP contribution in [0, 0.1) is 18.7 Å². The van der Waals surface area contributed by atoms with Crippen molar-refractivity contribution < 1.29 is 22.4 Å². The van der Waals surface area contributed by atoms with Gasteiger partial charge in [0.15, 0.2) is 0 Å². The smallest absolute Gasteiger partial charge is 0.264 e. The lowest BCUT2D eigenvalue weighted by Gasteiger charge is -2.34. The van der Waals surface area contributed by atoms with E-state index < -0.39 is 40.2 Å². The number of halogens is 3. The number of aryl methyl sites for hydroxylation is 1. The molecule has 0 spiro atoms. The van der Waals surface area contributed by atoms with Crippen LogP contribution in [0.15, 0.2) is 102 Å². The molecule has 0 aliphatic rings. The Morgan fingerprint density at radius 3 is 2.15 bits per heavy atom. The highest BCUT2D eigenvalue weighted by molar-refractivity contribution is 7.92. The van der Waals surface area contributed by atoms with Gasteiger partial charge in [-0.25, -0.2) is 12.8 Å². The molecule has 242 valence electrons. The molecule has 46 heavy (non-hydrogen) atoms. The molecule has 0 saturated carbocycles. The van der Waals surface area contributed by atoms with Crippen LogP contribution in [0.5, 0.6) is 0 Å². The Hall–Kier alpha value is -3.92. The zero-order chi connectivity index (χ0) is 33.4. The van der Waals surface area contributed by atoms with Gasteiger partial charge in [0.25, 0.3) is 10.0 Å². The standard InChI is InChI=1S/C35H36Cl2FN3O4S/c1-24(2)21-39-35(43)33(19-26-7-5-4-6-8-26)40(22-27-11-12-28(36)20-32(27)37)34(42)23-41(30-15-13-29(38)14-16-30)46(44,45)31-17-9-25(3)10-18-31/h4-18,20,24,33H,19,21-23H2,1-3H3,(H,39,43). The van der Waals surface area contributed by atoms with Gasteiger partial charge in [-0.3, -0.25) is 13.9 Å². The summed E-state index contributed by atoms with van der Waals surface area (Å²) in [7, 11) is -4.31. The molecule has 1 unspecified atom stereocenters. The summed E-state index contributed by atoms with van der Waals surface area (Å²) in [6.45, 7) is 5.34. The third-order valence-corrected chi connectivity index (χ3v) is 9.69. The number of amides is 2. The first kappa shape index (κ1) is 34.9. The third-order valence-electron chi connectivity index (χ3n) is 7.31. The minimum atomic E-state index is -4.31. The Kier molecular flexibility index (Phi) is 11.8. The zero-order valence-electron chi connectivity index (χ0n) is 25.8. The Morgan fingerprint density at radius 1 is 0.891 bits per heavy atom. The van der Waals surface area contributed by atoms with E-state index in [2.05, 4.69) is 5.32 Å². The lowest BCUT2D eigenvalue weighted by molar-refractivity contribution is -0.140. The van der Waals surface area contributed by atoms with Crippen molar-refractivity contribution in [2.24, 2.45) is 5.92 Å². The molecule has 0 aliphatic heterocycles. The van der Waals surface area contributed by atoms with Gasteiger partial charge in [-0.05, 0) is 72.5 Å². The fraction of sp³-hybridized carbons (Fsp3) is 0.257. The molecule has 0 bridgehead atoms. The molecule has 0 fully saturated rings. The second-order valence-corrected chi connectivity index (χ2v) is 14.1. The number of rotatable bonds is 13. The van der Waals surface area contributed by atoms with Gasteiger partial charge in [-0.1, -0.05) is 91.1 Å². The van der Waals surface area contributed by atoms with Gasteiger partial charge in [0, 0.05) is 29.6 Å². The van der Waals surface area contributed by atoms with E-state index in [1.165, 1.54) is 29.2 Å². The first-order chi connectivity index (χ1) is 21.8. The number of hydrogen-bond acceptors (Lipinski definition) is 4. The molecule has 1 N–H and O–H groups in total. The number of hydrogen-bond donors (Lipinski definition) is 1. The first-order valence-electron chi connectivity index (χ1n) is 14.7. The van der Waals surface area contributed by atoms with Crippen LogP contribution in [0.1, 0.15) is 30.5 Å². The van der Waals surface area contributed by atoms with Crippen molar-refractivity contribution in [1.82, 2.24) is 10.2 Å². The van der Waals surface area contributed by atoms with Crippen molar-refractivity contribution in [2.75, 3.05) is 17.4 Å².